The zero-order valence-electron chi connectivity index (χ0n) is 24.3. The number of phenolic OH excluding ortho intramolecular Hbond substituents is 1. The lowest BCUT2D eigenvalue weighted by Gasteiger charge is -2.41. The van der Waals surface area contributed by atoms with Gasteiger partial charge in [0.05, 0.1) is 30.1 Å². The Bertz CT molecular complexity index is 1780. The number of aromatic hydroxyl groups is 1. The summed E-state index contributed by atoms with van der Waals surface area (Å²) in [7, 11) is 2.04. The predicted molar refractivity (Wildman–Crippen MR) is 167 cm³/mol. The average Bonchev–Trinajstić information content (AvgIpc) is 3.44. The van der Waals surface area contributed by atoms with E-state index in [0.29, 0.717) is 36.5 Å². The molecular formula is C32H33ClFN7O3. The number of nitriles is 1. The van der Waals surface area contributed by atoms with Gasteiger partial charge in [-0.15, -0.1) is 0 Å². The first-order valence-corrected chi connectivity index (χ1v) is 15.0. The van der Waals surface area contributed by atoms with Crippen LogP contribution in [0.5, 0.6) is 11.8 Å². The summed E-state index contributed by atoms with van der Waals surface area (Å²) < 4.78 is 22.9. The van der Waals surface area contributed by atoms with Gasteiger partial charge in [0, 0.05) is 36.6 Å². The fourth-order valence-corrected chi connectivity index (χ4v) is 6.64. The highest BCUT2D eigenvalue weighted by atomic mass is 35.5. The highest BCUT2D eigenvalue weighted by Crippen LogP contribution is 2.42. The number of carbonyl (C=O) groups excluding carboxylic acids is 1. The molecule has 0 spiro atoms. The zero-order chi connectivity index (χ0) is 31.0. The molecule has 2 fully saturated rings. The molecule has 0 radical (unpaired) electrons. The van der Waals surface area contributed by atoms with Crippen molar-refractivity contribution in [3.05, 3.63) is 53.3 Å². The summed E-state index contributed by atoms with van der Waals surface area (Å²) in [5.41, 5.74) is 6.20. The number of nitrogens with zero attached hydrogens (tertiary/aromatic N) is 6. The molecule has 10 nitrogen and oxygen atoms in total. The topological polar surface area (TPSA) is 132 Å². The first-order chi connectivity index (χ1) is 21.3. The number of fused-ring (bicyclic) bond motifs is 2. The Balaban J connectivity index is 1.49. The zero-order valence-corrected chi connectivity index (χ0v) is 25.1. The molecule has 0 aliphatic carbocycles. The Morgan fingerprint density at radius 3 is 2.75 bits per heavy atom. The van der Waals surface area contributed by atoms with Gasteiger partial charge in [0.1, 0.15) is 23.7 Å². The Morgan fingerprint density at radius 1 is 1.18 bits per heavy atom. The SMILES string of the molecule is CN1CCC[C@H]1COc1nc(N2CCN(C(=O)CN)[C@@H](CC#N)C2)c2cc(Cl)c(-c3cc(O)cc4ccccc34)c(F)c2n1. The highest BCUT2D eigenvalue weighted by Gasteiger charge is 2.33. The summed E-state index contributed by atoms with van der Waals surface area (Å²) in [5.74, 6) is -0.518. The maximum Gasteiger partial charge on any atom is 0.319 e. The summed E-state index contributed by atoms with van der Waals surface area (Å²) in [6.07, 6.45) is 2.14. The molecule has 2 atom stereocenters. The number of nitrogens with two attached hydrogens (primary N) is 1. The quantitative estimate of drug-likeness (QED) is 0.311. The van der Waals surface area contributed by atoms with Gasteiger partial charge in [-0.3, -0.25) is 4.79 Å². The largest absolute Gasteiger partial charge is 0.508 e. The van der Waals surface area contributed by atoms with Gasteiger partial charge < -0.3 is 30.3 Å². The van der Waals surface area contributed by atoms with E-state index in [1.165, 1.54) is 6.07 Å². The molecule has 0 unspecified atom stereocenters. The van der Waals surface area contributed by atoms with Crippen LogP contribution < -0.4 is 15.4 Å². The molecule has 228 valence electrons. The number of likely N-dealkylation sites (N-methyl/N-ethyl adjacent to an activating group) is 1. The van der Waals surface area contributed by atoms with Crippen molar-refractivity contribution >= 4 is 45.0 Å². The number of phenols is 1. The van der Waals surface area contributed by atoms with E-state index in [9.17, 15) is 15.2 Å². The van der Waals surface area contributed by atoms with Crippen LogP contribution in [0.1, 0.15) is 19.3 Å². The molecule has 1 aromatic heterocycles. The van der Waals surface area contributed by atoms with E-state index < -0.39 is 11.9 Å². The van der Waals surface area contributed by atoms with Gasteiger partial charge in [0.15, 0.2) is 5.82 Å². The highest BCUT2D eigenvalue weighted by molar-refractivity contribution is 6.35. The second kappa shape index (κ2) is 12.4. The summed E-state index contributed by atoms with van der Waals surface area (Å²) in [4.78, 5) is 27.6. The number of benzene rings is 3. The van der Waals surface area contributed by atoms with Crippen molar-refractivity contribution in [3.8, 4) is 29.0 Å². The van der Waals surface area contributed by atoms with E-state index >= 15 is 4.39 Å². The van der Waals surface area contributed by atoms with Crippen LogP contribution in [0, 0.1) is 17.1 Å². The fourth-order valence-electron chi connectivity index (χ4n) is 6.35. The molecule has 4 aromatic rings. The van der Waals surface area contributed by atoms with Crippen LogP contribution >= 0.6 is 11.6 Å². The second-order valence-electron chi connectivity index (χ2n) is 11.3. The fraction of sp³-hybridized carbons (Fsp3) is 0.375. The van der Waals surface area contributed by atoms with Crippen molar-refractivity contribution in [2.75, 3.05) is 51.3 Å². The smallest absolute Gasteiger partial charge is 0.319 e. The van der Waals surface area contributed by atoms with E-state index in [4.69, 9.17) is 27.1 Å². The lowest BCUT2D eigenvalue weighted by Crippen LogP contribution is -2.56. The standard InChI is InChI=1S/C32H33ClFN7O3/c1-39-10-4-6-21(39)18-44-32-37-30-25(31(38-32)40-11-12-41(27(43)16-36)20(17-40)8-9-35)15-26(33)28(29(30)34)24-14-22(42)13-19-5-2-3-7-23(19)24/h2-3,5,7,13-15,20-21,42H,4,6,8,10-12,16-18,36H2,1H3/t20-,21-/m0/s1. The third-order valence-corrected chi connectivity index (χ3v) is 8.94. The molecule has 44 heavy (non-hydrogen) atoms. The normalized spacial score (nSPS) is 19.1. The van der Waals surface area contributed by atoms with Crippen molar-refractivity contribution < 1.29 is 19.0 Å². The minimum atomic E-state index is -0.666. The number of rotatable bonds is 7. The number of hydrogen-bond acceptors (Lipinski definition) is 9. The van der Waals surface area contributed by atoms with Crippen LogP contribution in [-0.4, -0.2) is 89.2 Å². The molecule has 2 aliphatic heterocycles. The summed E-state index contributed by atoms with van der Waals surface area (Å²) in [6, 6.07) is 14.1. The van der Waals surface area contributed by atoms with E-state index in [2.05, 4.69) is 16.0 Å². The number of hydrogen-bond donors (Lipinski definition) is 2. The van der Waals surface area contributed by atoms with Gasteiger partial charge in [-0.1, -0.05) is 35.9 Å². The van der Waals surface area contributed by atoms with Gasteiger partial charge in [-0.05, 0) is 61.0 Å². The second-order valence-corrected chi connectivity index (χ2v) is 11.7. The van der Waals surface area contributed by atoms with Crippen LogP contribution in [-0.2, 0) is 4.79 Å². The Hall–Kier alpha value is -4.24. The molecule has 3 heterocycles. The molecule has 3 N–H and O–H groups in total. The number of likely N-dealkylation sites (tertiary alicyclic amines) is 1. The molecule has 12 heteroatoms. The van der Waals surface area contributed by atoms with Crippen molar-refractivity contribution in [1.82, 2.24) is 19.8 Å². The van der Waals surface area contributed by atoms with Gasteiger partial charge in [0.25, 0.3) is 0 Å². The molecule has 0 bridgehead atoms. The van der Waals surface area contributed by atoms with Crippen molar-refractivity contribution in [1.29, 1.82) is 5.26 Å². The molecular weight excluding hydrogens is 585 g/mol. The number of amides is 1. The van der Waals surface area contributed by atoms with Crippen LogP contribution in [0.25, 0.3) is 32.8 Å². The van der Waals surface area contributed by atoms with E-state index in [1.807, 2.05) is 36.2 Å². The third kappa shape index (κ3) is 5.56. The van der Waals surface area contributed by atoms with Crippen LogP contribution in [0.3, 0.4) is 0 Å². The number of ether oxygens (including phenoxy) is 1. The number of anilines is 1. The minimum Gasteiger partial charge on any atom is -0.508 e. The van der Waals surface area contributed by atoms with E-state index in [0.717, 1.165) is 30.2 Å². The van der Waals surface area contributed by atoms with E-state index in [-0.39, 0.29) is 59.3 Å². The van der Waals surface area contributed by atoms with Crippen molar-refractivity contribution in [2.24, 2.45) is 5.73 Å². The maximum absolute atomic E-state index is 16.8. The van der Waals surface area contributed by atoms with Crippen LogP contribution in [0.4, 0.5) is 10.2 Å². The predicted octanol–water partition coefficient (Wildman–Crippen LogP) is 4.31. The average molecular weight is 618 g/mol. The third-order valence-electron chi connectivity index (χ3n) is 8.64. The number of aromatic nitrogens is 2. The van der Waals surface area contributed by atoms with Crippen molar-refractivity contribution in [2.45, 2.75) is 31.3 Å². The number of carbonyl (C=O) groups is 1. The number of piperazine rings is 1. The van der Waals surface area contributed by atoms with Gasteiger partial charge in [-0.2, -0.15) is 15.2 Å². The lowest BCUT2D eigenvalue weighted by molar-refractivity contribution is -0.132. The van der Waals surface area contributed by atoms with Crippen LogP contribution in [0.2, 0.25) is 5.02 Å². The monoisotopic (exact) mass is 617 g/mol. The summed E-state index contributed by atoms with van der Waals surface area (Å²) in [5, 5.41) is 21.9. The molecule has 1 amide bonds. The van der Waals surface area contributed by atoms with E-state index in [1.54, 1.807) is 17.0 Å². The summed E-state index contributed by atoms with van der Waals surface area (Å²) >= 11 is 6.83. The maximum atomic E-state index is 16.8. The van der Waals surface area contributed by atoms with Crippen LogP contribution in [0.15, 0.2) is 42.5 Å². The Kier molecular flexibility index (Phi) is 8.40. The first kappa shape index (κ1) is 29.8. The van der Waals surface area contributed by atoms with Gasteiger partial charge >= 0.3 is 6.01 Å². The molecule has 3 aromatic carbocycles. The summed E-state index contributed by atoms with van der Waals surface area (Å²) in [6.45, 7) is 2.14. The Labute approximate surface area is 259 Å². The lowest BCUT2D eigenvalue weighted by atomic mass is 9.96. The molecule has 2 aliphatic rings. The molecule has 0 saturated carbocycles. The minimum absolute atomic E-state index is 0.0178. The molecule has 2 saturated heterocycles. The van der Waals surface area contributed by atoms with Crippen molar-refractivity contribution in [3.63, 3.8) is 0 Å². The number of halogens is 2. The van der Waals surface area contributed by atoms with Gasteiger partial charge in [0.2, 0.25) is 5.91 Å². The Morgan fingerprint density at radius 2 is 2.00 bits per heavy atom. The molecule has 6 rings (SSSR count). The first-order valence-electron chi connectivity index (χ1n) is 14.7. The van der Waals surface area contributed by atoms with Gasteiger partial charge in [-0.25, -0.2) is 4.39 Å².